The topological polar surface area (TPSA) is 18.5 Å². The van der Waals surface area contributed by atoms with Gasteiger partial charge in [-0.05, 0) is 69.6 Å². The van der Waals surface area contributed by atoms with Crippen LogP contribution in [0, 0.1) is 11.8 Å². The van der Waals surface area contributed by atoms with Crippen molar-refractivity contribution >= 4 is 0 Å². The molecule has 154 valence electrons. The van der Waals surface area contributed by atoms with Crippen LogP contribution < -0.4 is 0 Å². The Balaban J connectivity index is 1.68. The minimum atomic E-state index is 0.188. The second-order valence-electron chi connectivity index (χ2n) is 9.11. The van der Waals surface area contributed by atoms with Gasteiger partial charge < -0.3 is 9.47 Å². The molecule has 0 spiro atoms. The van der Waals surface area contributed by atoms with Crippen LogP contribution >= 0.6 is 0 Å². The van der Waals surface area contributed by atoms with Gasteiger partial charge in [0.25, 0.3) is 0 Å². The van der Waals surface area contributed by atoms with E-state index in [4.69, 9.17) is 9.47 Å². The fraction of sp³-hybridized carbons (Fsp3) is 1.00. The van der Waals surface area contributed by atoms with Crippen LogP contribution in [0.3, 0.4) is 0 Å². The van der Waals surface area contributed by atoms with Crippen LogP contribution in [0.25, 0.3) is 0 Å². The third-order valence-electron chi connectivity index (χ3n) is 7.34. The third-order valence-corrected chi connectivity index (χ3v) is 7.34. The molecule has 0 heterocycles. The number of ether oxygens (including phenoxy) is 2. The van der Waals surface area contributed by atoms with Gasteiger partial charge in [0.05, 0.1) is 11.7 Å². The van der Waals surface area contributed by atoms with Crippen LogP contribution in [0.4, 0.5) is 0 Å². The van der Waals surface area contributed by atoms with Crippen LogP contribution in [-0.4, -0.2) is 25.4 Å². The van der Waals surface area contributed by atoms with Crippen LogP contribution in [0.1, 0.15) is 117 Å². The Hall–Kier alpha value is -0.0800. The second-order valence-corrected chi connectivity index (χ2v) is 9.11. The summed E-state index contributed by atoms with van der Waals surface area (Å²) in [6, 6.07) is 0. The molecule has 0 unspecified atom stereocenters. The predicted octanol–water partition coefficient (Wildman–Crippen LogP) is 7.30. The normalized spacial score (nSPS) is 32.7. The molecule has 2 fully saturated rings. The third kappa shape index (κ3) is 6.82. The Morgan fingerprint density at radius 2 is 1.42 bits per heavy atom. The molecule has 2 nitrogen and oxygen atoms in total. The molecular formula is C24H46O2. The molecule has 26 heavy (non-hydrogen) atoms. The summed E-state index contributed by atoms with van der Waals surface area (Å²) in [5.41, 5.74) is 0.188. The van der Waals surface area contributed by atoms with E-state index < -0.39 is 0 Å². The van der Waals surface area contributed by atoms with Gasteiger partial charge in [0.2, 0.25) is 0 Å². The first-order valence-electron chi connectivity index (χ1n) is 11.9. The number of hydrogen-bond acceptors (Lipinski definition) is 2. The van der Waals surface area contributed by atoms with E-state index in [0.717, 1.165) is 18.4 Å². The first kappa shape index (κ1) is 22.2. The molecule has 0 aliphatic heterocycles. The summed E-state index contributed by atoms with van der Waals surface area (Å²) in [5.74, 6) is 1.73. The van der Waals surface area contributed by atoms with Gasteiger partial charge in [-0.3, -0.25) is 0 Å². The van der Waals surface area contributed by atoms with Crippen molar-refractivity contribution in [2.45, 2.75) is 128 Å². The molecule has 0 bridgehead atoms. The Bertz CT molecular complexity index is 338. The summed E-state index contributed by atoms with van der Waals surface area (Å²) in [7, 11) is 1.98. The van der Waals surface area contributed by atoms with Crippen molar-refractivity contribution in [1.82, 2.24) is 0 Å². The quantitative estimate of drug-likeness (QED) is 0.337. The van der Waals surface area contributed by atoms with Crippen LogP contribution in [-0.2, 0) is 9.47 Å². The molecule has 2 rings (SSSR count). The maximum atomic E-state index is 6.22. The highest BCUT2D eigenvalue weighted by atomic mass is 16.5. The molecule has 0 saturated heterocycles. The lowest BCUT2D eigenvalue weighted by atomic mass is 9.66. The monoisotopic (exact) mass is 366 g/mol. The Morgan fingerprint density at radius 3 is 2.04 bits per heavy atom. The average molecular weight is 367 g/mol. The van der Waals surface area contributed by atoms with E-state index >= 15 is 0 Å². The average Bonchev–Trinajstić information content (AvgIpc) is 2.69. The number of rotatable bonds is 12. The first-order chi connectivity index (χ1) is 12.7. The molecule has 0 atom stereocenters. The SMILES string of the molecule is CCCCCCC[C@H]1CC[C@@](OC)([C@H]2CC[C@H](OCCCC)CC2)CC1. The molecule has 0 aromatic rings. The van der Waals surface area contributed by atoms with Gasteiger partial charge in [-0.1, -0.05) is 58.8 Å². The van der Waals surface area contributed by atoms with E-state index in [0.29, 0.717) is 6.10 Å². The summed E-state index contributed by atoms with van der Waals surface area (Å²) >= 11 is 0. The van der Waals surface area contributed by atoms with Gasteiger partial charge in [0.1, 0.15) is 0 Å². The summed E-state index contributed by atoms with van der Waals surface area (Å²) in [4.78, 5) is 0. The predicted molar refractivity (Wildman–Crippen MR) is 112 cm³/mol. The van der Waals surface area contributed by atoms with Crippen LogP contribution in [0.5, 0.6) is 0 Å². The zero-order valence-electron chi connectivity index (χ0n) is 18.1. The molecule has 2 heteroatoms. The van der Waals surface area contributed by atoms with Crippen molar-refractivity contribution in [3.63, 3.8) is 0 Å². The summed E-state index contributed by atoms with van der Waals surface area (Å²) < 4.78 is 12.3. The zero-order valence-corrected chi connectivity index (χ0v) is 18.1. The van der Waals surface area contributed by atoms with E-state index in [1.807, 2.05) is 7.11 Å². The van der Waals surface area contributed by atoms with Crippen molar-refractivity contribution < 1.29 is 9.47 Å². The minimum Gasteiger partial charge on any atom is -0.378 e. The van der Waals surface area contributed by atoms with E-state index in [1.54, 1.807) is 0 Å². The van der Waals surface area contributed by atoms with Crippen molar-refractivity contribution in [2.24, 2.45) is 11.8 Å². The standard InChI is InChI=1S/C24H46O2/c1-4-6-8-9-10-11-21-16-18-24(25-3,19-17-21)22-12-14-23(15-13-22)26-20-7-5-2/h21-23H,4-20H2,1-3H3/t21-,22-,23-,24-. The molecule has 0 aromatic heterocycles. The van der Waals surface area contributed by atoms with Crippen molar-refractivity contribution in [3.8, 4) is 0 Å². The number of unbranched alkanes of at least 4 members (excludes halogenated alkanes) is 5. The largest absolute Gasteiger partial charge is 0.378 e. The van der Waals surface area contributed by atoms with E-state index in [-0.39, 0.29) is 5.60 Å². The highest BCUT2D eigenvalue weighted by Gasteiger charge is 2.43. The van der Waals surface area contributed by atoms with Gasteiger partial charge in [-0.25, -0.2) is 0 Å². The summed E-state index contributed by atoms with van der Waals surface area (Å²) in [6.07, 6.45) is 22.1. The zero-order chi connectivity index (χ0) is 18.7. The lowest BCUT2D eigenvalue weighted by Crippen LogP contribution is -2.45. The molecule has 0 N–H and O–H groups in total. The minimum absolute atomic E-state index is 0.188. The lowest BCUT2D eigenvalue weighted by Gasteiger charge is -2.47. The summed E-state index contributed by atoms with van der Waals surface area (Å²) in [5, 5.41) is 0. The van der Waals surface area contributed by atoms with Gasteiger partial charge >= 0.3 is 0 Å². The summed E-state index contributed by atoms with van der Waals surface area (Å²) in [6.45, 7) is 5.50. The Kier molecular flexibility index (Phi) is 10.6. The fourth-order valence-corrected chi connectivity index (χ4v) is 5.42. The van der Waals surface area contributed by atoms with E-state index in [9.17, 15) is 0 Å². The van der Waals surface area contributed by atoms with Gasteiger partial charge in [-0.15, -0.1) is 0 Å². The van der Waals surface area contributed by atoms with Crippen molar-refractivity contribution in [3.05, 3.63) is 0 Å². The first-order valence-corrected chi connectivity index (χ1v) is 11.9. The maximum absolute atomic E-state index is 6.22. The highest BCUT2D eigenvalue weighted by molar-refractivity contribution is 4.95. The fourth-order valence-electron chi connectivity index (χ4n) is 5.42. The van der Waals surface area contributed by atoms with Gasteiger partial charge in [0.15, 0.2) is 0 Å². The molecule has 2 saturated carbocycles. The van der Waals surface area contributed by atoms with Gasteiger partial charge in [0, 0.05) is 13.7 Å². The molecule has 2 aliphatic carbocycles. The van der Waals surface area contributed by atoms with Gasteiger partial charge in [-0.2, -0.15) is 0 Å². The molecule has 0 radical (unpaired) electrons. The lowest BCUT2D eigenvalue weighted by molar-refractivity contribution is -0.113. The molecular weight excluding hydrogens is 320 g/mol. The highest BCUT2D eigenvalue weighted by Crippen LogP contribution is 2.46. The van der Waals surface area contributed by atoms with E-state index in [1.165, 1.54) is 103 Å². The van der Waals surface area contributed by atoms with Crippen molar-refractivity contribution in [2.75, 3.05) is 13.7 Å². The maximum Gasteiger partial charge on any atom is 0.0707 e. The molecule has 0 amide bonds. The Labute approximate surface area is 163 Å². The molecule has 0 aromatic carbocycles. The second kappa shape index (κ2) is 12.4. The molecule has 2 aliphatic rings. The number of hydrogen-bond donors (Lipinski definition) is 0. The Morgan fingerprint density at radius 1 is 0.769 bits per heavy atom. The smallest absolute Gasteiger partial charge is 0.0707 e. The number of methoxy groups -OCH3 is 1. The van der Waals surface area contributed by atoms with E-state index in [2.05, 4.69) is 13.8 Å². The van der Waals surface area contributed by atoms with Crippen LogP contribution in [0.2, 0.25) is 0 Å². The van der Waals surface area contributed by atoms with Crippen molar-refractivity contribution in [1.29, 1.82) is 0 Å². The van der Waals surface area contributed by atoms with Crippen LogP contribution in [0.15, 0.2) is 0 Å².